The van der Waals surface area contributed by atoms with Crippen LogP contribution in [0.2, 0.25) is 0 Å². The number of hydrogen-bond donors (Lipinski definition) is 4. The van der Waals surface area contributed by atoms with Crippen molar-refractivity contribution in [2.24, 2.45) is 17.6 Å². The van der Waals surface area contributed by atoms with E-state index in [0.29, 0.717) is 12.1 Å². The van der Waals surface area contributed by atoms with E-state index in [1.54, 1.807) is 0 Å². The number of urea groups is 1. The van der Waals surface area contributed by atoms with Gasteiger partial charge in [-0.2, -0.15) is 0 Å². The molecule has 3 fully saturated rings. The van der Waals surface area contributed by atoms with Crippen LogP contribution >= 0.6 is 0 Å². The molecule has 5 N–H and O–H groups in total. The molecule has 0 spiro atoms. The van der Waals surface area contributed by atoms with Crippen molar-refractivity contribution >= 4 is 6.03 Å². The third-order valence-electron chi connectivity index (χ3n) is 8.03. The van der Waals surface area contributed by atoms with Crippen LogP contribution in [0.15, 0.2) is 0 Å². The molecule has 3 aliphatic rings. The van der Waals surface area contributed by atoms with E-state index in [9.17, 15) is 4.79 Å². The molecule has 6 nitrogen and oxygen atoms in total. The number of carbonyl (C=O) groups is 1. The number of fused-ring (bicyclic) bond motifs is 1. The van der Waals surface area contributed by atoms with Crippen LogP contribution in [0.3, 0.4) is 0 Å². The van der Waals surface area contributed by atoms with E-state index in [1.165, 1.54) is 77.0 Å². The number of carbonyl (C=O) groups excluding carboxylic acids is 1. The molecule has 1 saturated heterocycles. The van der Waals surface area contributed by atoms with Gasteiger partial charge in [0, 0.05) is 18.6 Å². The maximum Gasteiger partial charge on any atom is 0.317 e. The lowest BCUT2D eigenvalue weighted by Crippen LogP contribution is -2.69. The predicted molar refractivity (Wildman–Crippen MR) is 128 cm³/mol. The Labute approximate surface area is 190 Å². The van der Waals surface area contributed by atoms with Crippen LogP contribution in [0.5, 0.6) is 0 Å². The molecule has 2 amide bonds. The summed E-state index contributed by atoms with van der Waals surface area (Å²) >= 11 is 0. The minimum Gasteiger partial charge on any atom is -0.335 e. The average molecular weight is 436 g/mol. The first-order valence-electron chi connectivity index (χ1n) is 13.4. The second kappa shape index (κ2) is 13.0. The van der Waals surface area contributed by atoms with Crippen LogP contribution in [0.4, 0.5) is 4.79 Å². The van der Waals surface area contributed by atoms with Crippen LogP contribution in [-0.4, -0.2) is 42.0 Å². The van der Waals surface area contributed by atoms with Gasteiger partial charge in [-0.15, -0.1) is 0 Å². The molecule has 1 heterocycles. The van der Waals surface area contributed by atoms with Gasteiger partial charge in [-0.25, -0.2) is 4.79 Å². The fourth-order valence-electron chi connectivity index (χ4n) is 6.21. The lowest BCUT2D eigenvalue weighted by molar-refractivity contribution is 0.0393. The molecule has 0 aromatic heterocycles. The maximum atomic E-state index is 12.8. The molecule has 31 heavy (non-hydrogen) atoms. The predicted octanol–water partition coefficient (Wildman–Crippen LogP) is 4.65. The summed E-state index contributed by atoms with van der Waals surface area (Å²) in [5.41, 5.74) is 6.22. The zero-order valence-corrected chi connectivity index (χ0v) is 20.2. The molecule has 0 aromatic carbocycles. The molecule has 1 aliphatic heterocycles. The number of rotatable bonds is 10. The summed E-state index contributed by atoms with van der Waals surface area (Å²) in [6.07, 6.45) is 18.9. The smallest absolute Gasteiger partial charge is 0.317 e. The summed E-state index contributed by atoms with van der Waals surface area (Å²) in [4.78, 5) is 15.2. The third kappa shape index (κ3) is 7.90. The van der Waals surface area contributed by atoms with Gasteiger partial charge in [0.25, 0.3) is 0 Å². The first kappa shape index (κ1) is 24.8. The second-order valence-electron chi connectivity index (χ2n) is 10.6. The first-order chi connectivity index (χ1) is 15.1. The Morgan fingerprint density at radius 3 is 2.42 bits per heavy atom. The van der Waals surface area contributed by atoms with Crippen molar-refractivity contribution in [1.29, 1.82) is 0 Å². The van der Waals surface area contributed by atoms with Crippen molar-refractivity contribution in [3.8, 4) is 0 Å². The van der Waals surface area contributed by atoms with Crippen molar-refractivity contribution < 1.29 is 4.79 Å². The zero-order chi connectivity index (χ0) is 22.1. The maximum absolute atomic E-state index is 12.8. The van der Waals surface area contributed by atoms with Crippen molar-refractivity contribution in [3.05, 3.63) is 0 Å². The van der Waals surface area contributed by atoms with Crippen LogP contribution in [0.1, 0.15) is 110 Å². The summed E-state index contributed by atoms with van der Waals surface area (Å²) in [5.74, 6) is 1.73. The Balaban J connectivity index is 1.42. The third-order valence-corrected chi connectivity index (χ3v) is 8.03. The fraction of sp³-hybridized carbons (Fsp3) is 0.960. The Bertz CT molecular complexity index is 530. The van der Waals surface area contributed by atoms with Crippen molar-refractivity contribution in [2.75, 3.05) is 6.54 Å². The minimum absolute atomic E-state index is 0.0392. The van der Waals surface area contributed by atoms with Gasteiger partial charge < -0.3 is 16.4 Å². The van der Waals surface area contributed by atoms with Gasteiger partial charge in [0.2, 0.25) is 0 Å². The van der Waals surface area contributed by atoms with E-state index in [2.05, 4.69) is 34.7 Å². The van der Waals surface area contributed by atoms with Crippen molar-refractivity contribution in [3.63, 3.8) is 0 Å². The normalized spacial score (nSPS) is 34.2. The molecule has 2 saturated carbocycles. The highest BCUT2D eigenvalue weighted by molar-refractivity contribution is 5.74. The molecule has 6 heteroatoms. The Kier molecular flexibility index (Phi) is 10.4. The number of nitrogens with two attached hydrogens (primary N) is 1. The van der Waals surface area contributed by atoms with Crippen LogP contribution in [-0.2, 0) is 0 Å². The van der Waals surface area contributed by atoms with Gasteiger partial charge in [-0.05, 0) is 50.9 Å². The number of nitrogens with one attached hydrogen (secondary N) is 3. The summed E-state index contributed by atoms with van der Waals surface area (Å²) in [7, 11) is 0. The molecule has 2 aliphatic carbocycles. The molecule has 0 aromatic rings. The van der Waals surface area contributed by atoms with E-state index >= 15 is 0 Å². The van der Waals surface area contributed by atoms with Gasteiger partial charge in [0.1, 0.15) is 6.29 Å². The Hall–Kier alpha value is -0.850. The second-order valence-corrected chi connectivity index (χ2v) is 10.6. The standard InChI is InChI=1S/C25H49N5O/c1-3-4-5-6-7-8-11-16-30-19(2)17-23(26)28-24(30)29-25(31)27-22-15-14-20-12-9-10-13-21(20)18-22/h19-24,28H,3-18,26H2,1-2H3,(H2,27,29,31). The molecule has 0 bridgehead atoms. The number of unbranched alkanes of at least 4 members (excludes halogenated alkanes) is 6. The molecule has 0 radical (unpaired) electrons. The van der Waals surface area contributed by atoms with Crippen molar-refractivity contribution in [2.45, 2.75) is 135 Å². The van der Waals surface area contributed by atoms with E-state index in [1.807, 2.05) is 0 Å². The van der Waals surface area contributed by atoms with Gasteiger partial charge >= 0.3 is 6.03 Å². The van der Waals surface area contributed by atoms with Gasteiger partial charge in [0.05, 0.1) is 6.17 Å². The summed E-state index contributed by atoms with van der Waals surface area (Å²) < 4.78 is 0. The van der Waals surface area contributed by atoms with Crippen molar-refractivity contribution in [1.82, 2.24) is 20.9 Å². The topological polar surface area (TPSA) is 82.4 Å². The van der Waals surface area contributed by atoms with Gasteiger partial charge in [0.15, 0.2) is 0 Å². The van der Waals surface area contributed by atoms with Gasteiger partial charge in [-0.3, -0.25) is 10.2 Å². The summed E-state index contributed by atoms with van der Waals surface area (Å²) in [5, 5.41) is 9.90. The fourth-order valence-corrected chi connectivity index (χ4v) is 6.21. The van der Waals surface area contributed by atoms with Crippen LogP contribution < -0.4 is 21.7 Å². The molecule has 3 rings (SSSR count). The molecule has 6 unspecified atom stereocenters. The van der Waals surface area contributed by atoms with E-state index in [-0.39, 0.29) is 18.5 Å². The van der Waals surface area contributed by atoms with Gasteiger partial charge in [-0.1, -0.05) is 71.1 Å². The summed E-state index contributed by atoms with van der Waals surface area (Å²) in [6.45, 7) is 5.51. The lowest BCUT2D eigenvalue weighted by Gasteiger charge is -2.44. The highest BCUT2D eigenvalue weighted by Crippen LogP contribution is 2.40. The number of amides is 2. The van der Waals surface area contributed by atoms with E-state index in [0.717, 1.165) is 37.6 Å². The SMILES string of the molecule is CCCCCCCCCN1C(C)CC(N)NC1NC(=O)NC1CCC2CCCCC2C1. The summed E-state index contributed by atoms with van der Waals surface area (Å²) in [6, 6.07) is 0.660. The number of hydrogen-bond acceptors (Lipinski definition) is 4. The highest BCUT2D eigenvalue weighted by atomic mass is 16.2. The molecule has 6 atom stereocenters. The molecular weight excluding hydrogens is 386 g/mol. The zero-order valence-electron chi connectivity index (χ0n) is 20.2. The number of nitrogens with zero attached hydrogens (tertiary/aromatic N) is 1. The monoisotopic (exact) mass is 435 g/mol. The minimum atomic E-state index is -0.176. The largest absolute Gasteiger partial charge is 0.335 e. The van der Waals surface area contributed by atoms with Crippen LogP contribution in [0.25, 0.3) is 0 Å². The lowest BCUT2D eigenvalue weighted by atomic mass is 9.69. The van der Waals surface area contributed by atoms with E-state index < -0.39 is 0 Å². The van der Waals surface area contributed by atoms with Crippen LogP contribution in [0, 0.1) is 11.8 Å². The Morgan fingerprint density at radius 2 is 1.65 bits per heavy atom. The average Bonchev–Trinajstić information content (AvgIpc) is 2.74. The Morgan fingerprint density at radius 1 is 0.935 bits per heavy atom. The molecular formula is C25H49N5O. The quantitative estimate of drug-likeness (QED) is 0.377. The first-order valence-corrected chi connectivity index (χ1v) is 13.4. The van der Waals surface area contributed by atoms with E-state index in [4.69, 9.17) is 5.73 Å². The highest BCUT2D eigenvalue weighted by Gasteiger charge is 2.35. The molecule has 180 valence electrons.